The van der Waals surface area contributed by atoms with Crippen molar-refractivity contribution in [3.05, 3.63) is 28.8 Å². The van der Waals surface area contributed by atoms with Gasteiger partial charge in [0.2, 0.25) is 0 Å². The lowest BCUT2D eigenvalue weighted by atomic mass is 9.89. The first-order valence-electron chi connectivity index (χ1n) is 6.78. The van der Waals surface area contributed by atoms with Crippen LogP contribution in [0.3, 0.4) is 0 Å². The first-order valence-corrected chi connectivity index (χ1v) is 7.15. The minimum Gasteiger partial charge on any atom is -0.490 e. The molecule has 0 saturated heterocycles. The summed E-state index contributed by atoms with van der Waals surface area (Å²) >= 11 is 6.21. The van der Waals surface area contributed by atoms with Crippen LogP contribution in [-0.2, 0) is 0 Å². The largest absolute Gasteiger partial charge is 0.490 e. The van der Waals surface area contributed by atoms with E-state index in [-0.39, 0.29) is 6.04 Å². The fourth-order valence-corrected chi connectivity index (χ4v) is 2.83. The van der Waals surface area contributed by atoms with E-state index in [2.05, 4.69) is 6.92 Å². The number of ether oxygens (including phenoxy) is 1. The van der Waals surface area contributed by atoms with Gasteiger partial charge in [0.05, 0.1) is 6.10 Å². The molecule has 0 spiro atoms. The van der Waals surface area contributed by atoms with Gasteiger partial charge in [-0.15, -0.1) is 0 Å². The number of hydrogen-bond acceptors (Lipinski definition) is 2. The van der Waals surface area contributed by atoms with Crippen molar-refractivity contribution in [1.82, 2.24) is 0 Å². The van der Waals surface area contributed by atoms with Crippen LogP contribution >= 0.6 is 11.6 Å². The molecule has 1 fully saturated rings. The Balaban J connectivity index is 2.00. The second-order valence-corrected chi connectivity index (χ2v) is 5.88. The molecular weight excluding hydrogens is 246 g/mol. The zero-order valence-electron chi connectivity index (χ0n) is 11.2. The Morgan fingerprint density at radius 2 is 1.94 bits per heavy atom. The van der Waals surface area contributed by atoms with E-state index >= 15 is 0 Å². The van der Waals surface area contributed by atoms with E-state index < -0.39 is 0 Å². The Hall–Kier alpha value is -0.730. The maximum absolute atomic E-state index is 6.21. The molecule has 0 amide bonds. The van der Waals surface area contributed by atoms with Gasteiger partial charge < -0.3 is 10.5 Å². The second-order valence-electron chi connectivity index (χ2n) is 5.47. The normalized spacial score (nSPS) is 25.8. The summed E-state index contributed by atoms with van der Waals surface area (Å²) in [5, 5.41) is 0.701. The second kappa shape index (κ2) is 5.94. The van der Waals surface area contributed by atoms with E-state index in [0.717, 1.165) is 30.1 Å². The van der Waals surface area contributed by atoms with Gasteiger partial charge in [0.25, 0.3) is 0 Å². The monoisotopic (exact) mass is 267 g/mol. The molecule has 0 bridgehead atoms. The number of benzene rings is 1. The summed E-state index contributed by atoms with van der Waals surface area (Å²) in [4.78, 5) is 0. The van der Waals surface area contributed by atoms with E-state index in [4.69, 9.17) is 22.1 Å². The predicted molar refractivity (Wildman–Crippen MR) is 76.1 cm³/mol. The van der Waals surface area contributed by atoms with Crippen molar-refractivity contribution in [2.45, 2.75) is 51.7 Å². The van der Waals surface area contributed by atoms with Crippen molar-refractivity contribution < 1.29 is 4.74 Å². The van der Waals surface area contributed by atoms with Crippen molar-refractivity contribution in [2.24, 2.45) is 11.7 Å². The van der Waals surface area contributed by atoms with Gasteiger partial charge >= 0.3 is 0 Å². The van der Waals surface area contributed by atoms with Crippen molar-refractivity contribution in [3.8, 4) is 5.75 Å². The van der Waals surface area contributed by atoms with E-state index in [1.165, 1.54) is 12.8 Å². The topological polar surface area (TPSA) is 35.2 Å². The summed E-state index contributed by atoms with van der Waals surface area (Å²) in [6.45, 7) is 4.24. The summed E-state index contributed by atoms with van der Waals surface area (Å²) in [6.07, 6.45) is 5.16. The molecule has 0 aliphatic heterocycles. The van der Waals surface area contributed by atoms with Gasteiger partial charge in [-0.2, -0.15) is 0 Å². The summed E-state index contributed by atoms with van der Waals surface area (Å²) in [6, 6.07) is 5.79. The Morgan fingerprint density at radius 3 is 2.50 bits per heavy atom. The number of rotatable bonds is 3. The Kier molecular flexibility index (Phi) is 4.52. The minimum absolute atomic E-state index is 0.0397. The molecule has 0 radical (unpaired) electrons. The van der Waals surface area contributed by atoms with Crippen LogP contribution in [0, 0.1) is 5.92 Å². The standard InChI is InChI=1S/C15H22ClNO/c1-10-3-5-12(6-4-10)18-13-7-8-14(11(2)17)15(16)9-13/h7-12H,3-6,17H2,1-2H3. The Morgan fingerprint density at radius 1 is 1.28 bits per heavy atom. The van der Waals surface area contributed by atoms with Crippen LogP contribution in [0.1, 0.15) is 51.1 Å². The van der Waals surface area contributed by atoms with Crippen LogP contribution in [0.25, 0.3) is 0 Å². The fourth-order valence-electron chi connectivity index (χ4n) is 2.49. The maximum atomic E-state index is 6.21. The summed E-state index contributed by atoms with van der Waals surface area (Å²) in [7, 11) is 0. The SMILES string of the molecule is CC1CCC(Oc2ccc(C(C)N)c(Cl)c2)CC1. The highest BCUT2D eigenvalue weighted by atomic mass is 35.5. The van der Waals surface area contributed by atoms with Crippen molar-refractivity contribution in [1.29, 1.82) is 0 Å². The molecule has 3 heteroatoms. The van der Waals surface area contributed by atoms with Gasteiger partial charge in [-0.25, -0.2) is 0 Å². The van der Waals surface area contributed by atoms with Gasteiger partial charge in [-0.3, -0.25) is 0 Å². The molecule has 0 aromatic heterocycles. The summed E-state index contributed by atoms with van der Waals surface area (Å²) in [5.41, 5.74) is 6.81. The number of hydrogen-bond donors (Lipinski definition) is 1. The van der Waals surface area contributed by atoms with Crippen LogP contribution in [0.15, 0.2) is 18.2 Å². The van der Waals surface area contributed by atoms with E-state index in [0.29, 0.717) is 11.1 Å². The molecule has 18 heavy (non-hydrogen) atoms. The first-order chi connectivity index (χ1) is 8.56. The molecule has 1 aliphatic rings. The van der Waals surface area contributed by atoms with Crippen LogP contribution in [0.4, 0.5) is 0 Å². The van der Waals surface area contributed by atoms with Crippen LogP contribution < -0.4 is 10.5 Å². The number of halogens is 1. The van der Waals surface area contributed by atoms with Gasteiger partial charge in [-0.05, 0) is 56.2 Å². The number of nitrogens with two attached hydrogens (primary N) is 1. The van der Waals surface area contributed by atoms with Crippen molar-refractivity contribution in [2.75, 3.05) is 0 Å². The lowest BCUT2D eigenvalue weighted by molar-refractivity contribution is 0.135. The molecule has 1 unspecified atom stereocenters. The first kappa shape index (κ1) is 13.7. The molecule has 2 nitrogen and oxygen atoms in total. The Labute approximate surface area is 114 Å². The lowest BCUT2D eigenvalue weighted by Gasteiger charge is -2.27. The van der Waals surface area contributed by atoms with E-state index in [9.17, 15) is 0 Å². The summed E-state index contributed by atoms with van der Waals surface area (Å²) in [5.74, 6) is 1.71. The van der Waals surface area contributed by atoms with E-state index in [1.54, 1.807) is 0 Å². The van der Waals surface area contributed by atoms with Gasteiger partial charge in [0.1, 0.15) is 5.75 Å². The van der Waals surface area contributed by atoms with Crippen LogP contribution in [0.5, 0.6) is 5.75 Å². The minimum atomic E-state index is -0.0397. The molecule has 2 N–H and O–H groups in total. The lowest BCUT2D eigenvalue weighted by Crippen LogP contribution is -2.23. The molecule has 1 aliphatic carbocycles. The smallest absolute Gasteiger partial charge is 0.121 e. The highest BCUT2D eigenvalue weighted by molar-refractivity contribution is 6.31. The quantitative estimate of drug-likeness (QED) is 0.885. The molecule has 2 rings (SSSR count). The molecule has 100 valence electrons. The third kappa shape index (κ3) is 3.39. The fraction of sp³-hybridized carbons (Fsp3) is 0.600. The molecular formula is C15H22ClNO. The average molecular weight is 268 g/mol. The highest BCUT2D eigenvalue weighted by Crippen LogP contribution is 2.30. The summed E-state index contributed by atoms with van der Waals surface area (Å²) < 4.78 is 5.99. The predicted octanol–water partition coefficient (Wildman–Crippen LogP) is 4.32. The van der Waals surface area contributed by atoms with Gasteiger partial charge in [0, 0.05) is 11.1 Å². The highest BCUT2D eigenvalue weighted by Gasteiger charge is 2.19. The van der Waals surface area contributed by atoms with Gasteiger partial charge in [0.15, 0.2) is 0 Å². The third-order valence-corrected chi connectivity index (χ3v) is 4.06. The Bertz CT molecular complexity index is 397. The molecule has 1 aromatic rings. The van der Waals surface area contributed by atoms with E-state index in [1.807, 2.05) is 25.1 Å². The van der Waals surface area contributed by atoms with Gasteiger partial charge in [-0.1, -0.05) is 24.6 Å². The van der Waals surface area contributed by atoms with Crippen LogP contribution in [-0.4, -0.2) is 6.10 Å². The molecule has 1 saturated carbocycles. The maximum Gasteiger partial charge on any atom is 0.121 e. The molecule has 0 heterocycles. The molecule has 1 atom stereocenters. The zero-order chi connectivity index (χ0) is 13.1. The molecule has 1 aromatic carbocycles. The third-order valence-electron chi connectivity index (χ3n) is 3.73. The average Bonchev–Trinajstić information content (AvgIpc) is 2.32. The van der Waals surface area contributed by atoms with Crippen LogP contribution in [0.2, 0.25) is 5.02 Å². The zero-order valence-corrected chi connectivity index (χ0v) is 11.9. The van der Waals surface area contributed by atoms with Crippen molar-refractivity contribution in [3.63, 3.8) is 0 Å². The van der Waals surface area contributed by atoms with Crippen molar-refractivity contribution >= 4 is 11.6 Å².